The zero-order valence-corrected chi connectivity index (χ0v) is 18.8. The van der Waals surface area contributed by atoms with E-state index in [9.17, 15) is 14.9 Å². The maximum Gasteiger partial charge on any atom is 0.269 e. The number of nitrogens with one attached hydrogen (secondary N) is 2. The first-order chi connectivity index (χ1) is 16.0. The Morgan fingerprint density at radius 1 is 1.06 bits per heavy atom. The molecular formula is C25H23N3O4S. The van der Waals surface area contributed by atoms with Gasteiger partial charge in [0, 0.05) is 23.4 Å². The maximum absolute atomic E-state index is 12.5. The quantitative estimate of drug-likeness (QED) is 0.267. The third kappa shape index (κ3) is 5.72. The third-order valence-electron chi connectivity index (χ3n) is 5.14. The summed E-state index contributed by atoms with van der Waals surface area (Å²) in [5, 5.41) is 17.1. The van der Waals surface area contributed by atoms with Crippen LogP contribution in [-0.4, -0.2) is 16.3 Å². The Labute approximate surface area is 196 Å². The number of thioether (sulfide) groups is 1. The van der Waals surface area contributed by atoms with Crippen molar-refractivity contribution < 1.29 is 14.5 Å². The van der Waals surface area contributed by atoms with Crippen LogP contribution >= 0.6 is 11.8 Å². The SMILES string of the molecule is CCc1ccc(N[C@H]2NC(=O)/C(=C/c3ccccc3OCc3ccc([N+](=O)[O-])cc3)S2)cc1. The minimum Gasteiger partial charge on any atom is -0.488 e. The summed E-state index contributed by atoms with van der Waals surface area (Å²) in [6.07, 6.45) is 2.79. The van der Waals surface area contributed by atoms with E-state index in [0.717, 1.165) is 23.2 Å². The van der Waals surface area contributed by atoms with Crippen molar-refractivity contribution in [2.75, 3.05) is 5.32 Å². The fourth-order valence-electron chi connectivity index (χ4n) is 3.30. The van der Waals surface area contributed by atoms with Crippen molar-refractivity contribution >= 4 is 35.1 Å². The Balaban J connectivity index is 1.43. The van der Waals surface area contributed by atoms with Gasteiger partial charge in [0.15, 0.2) is 5.50 Å². The predicted octanol–water partition coefficient (Wildman–Crippen LogP) is 5.34. The summed E-state index contributed by atoms with van der Waals surface area (Å²) in [6, 6.07) is 21.9. The molecule has 0 aromatic heterocycles. The molecule has 2 N–H and O–H groups in total. The normalized spacial score (nSPS) is 16.5. The molecule has 3 aromatic rings. The van der Waals surface area contributed by atoms with Gasteiger partial charge in [0.1, 0.15) is 12.4 Å². The van der Waals surface area contributed by atoms with E-state index in [1.54, 1.807) is 12.1 Å². The van der Waals surface area contributed by atoms with Gasteiger partial charge in [-0.05, 0) is 54.0 Å². The second kappa shape index (κ2) is 10.2. The summed E-state index contributed by atoms with van der Waals surface area (Å²) < 4.78 is 5.94. The van der Waals surface area contributed by atoms with Gasteiger partial charge >= 0.3 is 0 Å². The van der Waals surface area contributed by atoms with Crippen LogP contribution in [0.3, 0.4) is 0 Å². The molecule has 0 radical (unpaired) electrons. The average Bonchev–Trinajstić information content (AvgIpc) is 3.17. The molecule has 0 spiro atoms. The molecule has 168 valence electrons. The van der Waals surface area contributed by atoms with Gasteiger partial charge in [-0.1, -0.05) is 49.0 Å². The highest BCUT2D eigenvalue weighted by Gasteiger charge is 2.27. The number of aryl methyl sites for hydroxylation is 1. The van der Waals surface area contributed by atoms with Crippen LogP contribution in [0.5, 0.6) is 5.75 Å². The van der Waals surface area contributed by atoms with Crippen LogP contribution < -0.4 is 15.4 Å². The Kier molecular flexibility index (Phi) is 6.95. The lowest BCUT2D eigenvalue weighted by Crippen LogP contribution is -2.30. The first kappa shape index (κ1) is 22.4. The fraction of sp³-hybridized carbons (Fsp3) is 0.160. The van der Waals surface area contributed by atoms with Gasteiger partial charge in [-0.15, -0.1) is 0 Å². The largest absolute Gasteiger partial charge is 0.488 e. The molecule has 4 rings (SSSR count). The number of ether oxygens (including phenoxy) is 1. The molecule has 1 saturated heterocycles. The Bertz CT molecular complexity index is 1180. The highest BCUT2D eigenvalue weighted by atomic mass is 32.2. The van der Waals surface area contributed by atoms with Gasteiger partial charge in [-0.3, -0.25) is 14.9 Å². The first-order valence-electron chi connectivity index (χ1n) is 10.5. The summed E-state index contributed by atoms with van der Waals surface area (Å²) >= 11 is 1.42. The Morgan fingerprint density at radius 3 is 2.45 bits per heavy atom. The van der Waals surface area contributed by atoms with Crippen LogP contribution in [0.2, 0.25) is 0 Å². The Morgan fingerprint density at radius 2 is 1.76 bits per heavy atom. The molecule has 1 aliphatic rings. The molecule has 1 aliphatic heterocycles. The second-order valence-corrected chi connectivity index (χ2v) is 8.57. The van der Waals surface area contributed by atoms with Crippen molar-refractivity contribution in [3.63, 3.8) is 0 Å². The van der Waals surface area contributed by atoms with E-state index in [1.165, 1.54) is 29.5 Å². The zero-order valence-electron chi connectivity index (χ0n) is 18.0. The molecule has 1 amide bonds. The van der Waals surface area contributed by atoms with Crippen LogP contribution in [0, 0.1) is 10.1 Å². The second-order valence-electron chi connectivity index (χ2n) is 7.42. The maximum atomic E-state index is 12.5. The standard InChI is InChI=1S/C25H23N3O4S/c1-2-17-7-11-20(12-8-17)26-25-27-24(29)23(33-25)15-19-5-3-4-6-22(19)32-16-18-9-13-21(14-10-18)28(30)31/h3-15,25-26H,2,16H2,1H3,(H,27,29)/b23-15-/t25-/m0/s1. The van der Waals surface area contributed by atoms with Crippen molar-refractivity contribution in [2.24, 2.45) is 0 Å². The first-order valence-corrected chi connectivity index (χ1v) is 11.4. The van der Waals surface area contributed by atoms with Gasteiger partial charge < -0.3 is 15.4 Å². The number of nitrogens with zero attached hydrogens (tertiary/aromatic N) is 1. The van der Waals surface area contributed by atoms with E-state index >= 15 is 0 Å². The summed E-state index contributed by atoms with van der Waals surface area (Å²) in [7, 11) is 0. The number of benzene rings is 3. The highest BCUT2D eigenvalue weighted by molar-refractivity contribution is 8.05. The van der Waals surface area contributed by atoms with E-state index in [2.05, 4.69) is 29.7 Å². The lowest BCUT2D eigenvalue weighted by atomic mass is 10.1. The van der Waals surface area contributed by atoms with E-state index < -0.39 is 4.92 Å². The molecule has 1 fully saturated rings. The predicted molar refractivity (Wildman–Crippen MR) is 131 cm³/mol. The van der Waals surface area contributed by atoms with Crippen molar-refractivity contribution in [3.05, 3.63) is 105 Å². The summed E-state index contributed by atoms with van der Waals surface area (Å²) in [5.74, 6) is 0.483. The number of hydrogen-bond donors (Lipinski definition) is 2. The molecule has 0 bridgehead atoms. The number of nitro groups is 1. The number of hydrogen-bond acceptors (Lipinski definition) is 6. The average molecular weight is 462 g/mol. The zero-order chi connectivity index (χ0) is 23.2. The summed E-state index contributed by atoms with van der Waals surface area (Å²) in [6.45, 7) is 2.37. The number of amides is 1. The van der Waals surface area contributed by atoms with Gasteiger partial charge in [0.2, 0.25) is 0 Å². The minimum atomic E-state index is -0.432. The molecule has 0 aliphatic carbocycles. The Hall–Kier alpha value is -3.78. The molecule has 0 unspecified atom stereocenters. The number of anilines is 1. The molecule has 3 aromatic carbocycles. The lowest BCUT2D eigenvalue weighted by molar-refractivity contribution is -0.384. The lowest BCUT2D eigenvalue weighted by Gasteiger charge is -2.13. The van der Waals surface area contributed by atoms with Crippen LogP contribution in [0.25, 0.3) is 6.08 Å². The van der Waals surface area contributed by atoms with Gasteiger partial charge in [-0.2, -0.15) is 0 Å². The molecule has 33 heavy (non-hydrogen) atoms. The van der Waals surface area contributed by atoms with E-state index in [-0.39, 0.29) is 23.7 Å². The van der Waals surface area contributed by atoms with Crippen LogP contribution in [0.4, 0.5) is 11.4 Å². The van der Waals surface area contributed by atoms with E-state index in [4.69, 9.17) is 4.74 Å². The van der Waals surface area contributed by atoms with Crippen molar-refractivity contribution in [1.29, 1.82) is 0 Å². The monoisotopic (exact) mass is 461 g/mol. The fourth-order valence-corrected chi connectivity index (χ4v) is 4.28. The van der Waals surface area contributed by atoms with Gasteiger partial charge in [0.05, 0.1) is 9.83 Å². The summed E-state index contributed by atoms with van der Waals surface area (Å²) in [5.41, 5.74) is 3.58. The molecule has 1 heterocycles. The highest BCUT2D eigenvalue weighted by Crippen LogP contribution is 2.32. The number of carbonyl (C=O) groups is 1. The smallest absolute Gasteiger partial charge is 0.269 e. The van der Waals surface area contributed by atoms with Gasteiger partial charge in [0.25, 0.3) is 11.6 Å². The molecule has 8 heteroatoms. The van der Waals surface area contributed by atoms with Crippen LogP contribution in [0.15, 0.2) is 77.7 Å². The molecule has 7 nitrogen and oxygen atoms in total. The van der Waals surface area contributed by atoms with Crippen molar-refractivity contribution in [1.82, 2.24) is 5.32 Å². The van der Waals surface area contributed by atoms with Crippen LogP contribution in [-0.2, 0) is 17.8 Å². The van der Waals surface area contributed by atoms with Crippen LogP contribution in [0.1, 0.15) is 23.6 Å². The van der Waals surface area contributed by atoms with E-state index in [0.29, 0.717) is 10.7 Å². The van der Waals surface area contributed by atoms with Gasteiger partial charge in [-0.25, -0.2) is 0 Å². The van der Waals surface area contributed by atoms with Crippen molar-refractivity contribution in [3.8, 4) is 5.75 Å². The number of rotatable bonds is 8. The molecule has 0 saturated carbocycles. The number of carbonyl (C=O) groups excluding carboxylic acids is 1. The van der Waals surface area contributed by atoms with E-state index in [1.807, 2.05) is 42.5 Å². The number of para-hydroxylation sites is 1. The summed E-state index contributed by atoms with van der Waals surface area (Å²) in [4.78, 5) is 23.5. The topological polar surface area (TPSA) is 93.5 Å². The minimum absolute atomic E-state index is 0.0395. The molecule has 1 atom stereocenters. The number of non-ortho nitro benzene ring substituents is 1. The molecular weight excluding hydrogens is 438 g/mol. The number of nitro benzene ring substituents is 1. The van der Waals surface area contributed by atoms with Crippen molar-refractivity contribution in [2.45, 2.75) is 25.4 Å². The third-order valence-corrected chi connectivity index (χ3v) is 6.17.